The maximum atomic E-state index is 11.4. The molecule has 0 amide bonds. The third-order valence-electron chi connectivity index (χ3n) is 1.84. The molecule has 0 aromatic carbocycles. The molecule has 0 aromatic heterocycles. The summed E-state index contributed by atoms with van der Waals surface area (Å²) in [4.78, 5) is 11.4. The molecule has 92 valence electrons. The van der Waals surface area contributed by atoms with Crippen molar-refractivity contribution in [2.75, 3.05) is 13.7 Å². The normalized spacial score (nSPS) is 22.0. The lowest BCUT2D eigenvalue weighted by molar-refractivity contribution is -0.145. The number of halogens is 3. The number of esters is 1. The van der Waals surface area contributed by atoms with Gasteiger partial charge in [-0.25, -0.2) is 4.79 Å². The number of ether oxygens (including phenoxy) is 2. The molecule has 0 aromatic rings. The van der Waals surface area contributed by atoms with Gasteiger partial charge in [-0.05, 0) is 0 Å². The molecule has 16 heavy (non-hydrogen) atoms. The average Bonchev–Trinajstić information content (AvgIpc) is 2.61. The molecule has 9 heteroatoms. The molecule has 0 aliphatic carbocycles. The van der Waals surface area contributed by atoms with Crippen LogP contribution in [-0.2, 0) is 23.5 Å². The molecule has 0 radical (unpaired) electrons. The van der Waals surface area contributed by atoms with Crippen LogP contribution >= 0.6 is 69.0 Å². The van der Waals surface area contributed by atoms with Gasteiger partial charge in [-0.15, -0.1) is 0 Å². The summed E-state index contributed by atoms with van der Waals surface area (Å²) < 4.78 is 25.1. The summed E-state index contributed by atoms with van der Waals surface area (Å²) in [5.74, 6) is -0.214. The molecule has 0 saturated carbocycles. The number of carbonyl (C=O) groups excluding carboxylic acids is 1. The fraction of sp³-hybridized carbons (Fsp3) is 0.571. The van der Waals surface area contributed by atoms with Crippen LogP contribution in [-0.4, -0.2) is 31.9 Å². The van der Waals surface area contributed by atoms with Gasteiger partial charge in [0, 0.05) is 7.11 Å². The van der Waals surface area contributed by atoms with Crippen molar-refractivity contribution in [3.05, 3.63) is 11.5 Å². The van der Waals surface area contributed by atoms with E-state index in [1.54, 1.807) is 69.0 Å². The Morgan fingerprint density at radius 1 is 1.38 bits per heavy atom. The van der Waals surface area contributed by atoms with E-state index < -0.39 is 18.2 Å². The summed E-state index contributed by atoms with van der Waals surface area (Å²) in [6.45, 7) is 0.277. The highest BCUT2D eigenvalue weighted by Gasteiger charge is 2.43. The quantitative estimate of drug-likeness (QED) is 0.363. The summed E-state index contributed by atoms with van der Waals surface area (Å²) in [5.41, 5.74) is 0. The Morgan fingerprint density at radius 2 is 2.06 bits per heavy atom. The standard InChI is InChI=1S/C7H7I3O6/c1-12-2-3(14-8)4-5(15-9)6(16-10)7(11)13-4/h3-4H,2H2,1H3. The van der Waals surface area contributed by atoms with Gasteiger partial charge in [-0.1, -0.05) is 0 Å². The maximum absolute atomic E-state index is 11.4. The zero-order valence-corrected chi connectivity index (χ0v) is 14.4. The van der Waals surface area contributed by atoms with Gasteiger partial charge in [-0.3, -0.25) is 0 Å². The highest BCUT2D eigenvalue weighted by atomic mass is 127. The zero-order chi connectivity index (χ0) is 12.1. The first-order valence-corrected chi connectivity index (χ1v) is 6.62. The molecule has 0 fully saturated rings. The number of rotatable bonds is 6. The van der Waals surface area contributed by atoms with E-state index in [4.69, 9.17) is 18.7 Å². The van der Waals surface area contributed by atoms with Gasteiger partial charge in [0.15, 0.2) is 52.1 Å². The van der Waals surface area contributed by atoms with Crippen molar-refractivity contribution >= 4 is 75.0 Å². The monoisotopic (exact) mass is 568 g/mol. The van der Waals surface area contributed by atoms with Crippen molar-refractivity contribution in [1.82, 2.24) is 0 Å². The summed E-state index contributed by atoms with van der Waals surface area (Å²) >= 11 is 4.97. The molecule has 1 rings (SSSR count). The molecule has 1 heterocycles. The molecule has 0 N–H and O–H groups in total. The van der Waals surface area contributed by atoms with Crippen LogP contribution in [0.1, 0.15) is 0 Å². The lowest BCUT2D eigenvalue weighted by Gasteiger charge is -2.19. The summed E-state index contributed by atoms with van der Waals surface area (Å²) in [6.07, 6.45) is -1.09. The number of cyclic esters (lactones) is 1. The van der Waals surface area contributed by atoms with Crippen molar-refractivity contribution in [3.63, 3.8) is 0 Å². The second-order valence-electron chi connectivity index (χ2n) is 2.76. The van der Waals surface area contributed by atoms with Crippen molar-refractivity contribution in [2.24, 2.45) is 0 Å². The summed E-state index contributed by atoms with van der Waals surface area (Å²) in [5, 5.41) is 0. The van der Waals surface area contributed by atoms with Crippen molar-refractivity contribution in [2.45, 2.75) is 12.2 Å². The maximum Gasteiger partial charge on any atom is 0.379 e. The average molecular weight is 568 g/mol. The van der Waals surface area contributed by atoms with Crippen LogP contribution in [0.3, 0.4) is 0 Å². The third-order valence-corrected chi connectivity index (χ3v) is 3.41. The first kappa shape index (κ1) is 15.0. The molecule has 0 saturated heterocycles. The van der Waals surface area contributed by atoms with Crippen molar-refractivity contribution in [3.8, 4) is 0 Å². The second-order valence-corrected chi connectivity index (χ2v) is 4.15. The van der Waals surface area contributed by atoms with Gasteiger partial charge in [0.2, 0.25) is 5.76 Å². The van der Waals surface area contributed by atoms with Gasteiger partial charge >= 0.3 is 5.97 Å². The third kappa shape index (κ3) is 3.23. The Morgan fingerprint density at radius 3 is 2.50 bits per heavy atom. The summed E-state index contributed by atoms with van der Waals surface area (Å²) in [7, 11) is 1.53. The fourth-order valence-corrected chi connectivity index (χ4v) is 2.43. The van der Waals surface area contributed by atoms with Crippen LogP contribution in [0.25, 0.3) is 0 Å². The van der Waals surface area contributed by atoms with Crippen LogP contribution in [0.2, 0.25) is 0 Å². The number of carbonyl (C=O) groups is 1. The zero-order valence-electron chi connectivity index (χ0n) is 7.95. The molecule has 1 aliphatic heterocycles. The second kappa shape index (κ2) is 7.38. The molecule has 1 aliphatic rings. The van der Waals surface area contributed by atoms with E-state index in [1.807, 2.05) is 0 Å². The van der Waals surface area contributed by atoms with Crippen LogP contribution in [0, 0.1) is 0 Å². The number of hydrogen-bond donors (Lipinski definition) is 0. The van der Waals surface area contributed by atoms with E-state index in [-0.39, 0.29) is 12.4 Å². The molecule has 6 nitrogen and oxygen atoms in total. The fourth-order valence-electron chi connectivity index (χ4n) is 1.17. The van der Waals surface area contributed by atoms with E-state index in [0.717, 1.165) is 0 Å². The minimum atomic E-state index is -0.647. The van der Waals surface area contributed by atoms with Crippen LogP contribution < -0.4 is 0 Å². The molecular weight excluding hydrogens is 561 g/mol. The van der Waals surface area contributed by atoms with Crippen molar-refractivity contribution in [1.29, 1.82) is 0 Å². The van der Waals surface area contributed by atoms with E-state index in [1.165, 1.54) is 7.11 Å². The van der Waals surface area contributed by atoms with Gasteiger partial charge in [0.1, 0.15) is 29.1 Å². The molecule has 0 bridgehead atoms. The lowest BCUT2D eigenvalue weighted by Crippen LogP contribution is -2.33. The highest BCUT2D eigenvalue weighted by Crippen LogP contribution is 2.31. The predicted octanol–water partition coefficient (Wildman–Crippen LogP) is 2.24. The van der Waals surface area contributed by atoms with Gasteiger partial charge < -0.3 is 18.7 Å². The Labute approximate surface area is 134 Å². The number of hydrogen-bond acceptors (Lipinski definition) is 6. The van der Waals surface area contributed by atoms with Crippen LogP contribution in [0.15, 0.2) is 11.5 Å². The van der Waals surface area contributed by atoms with E-state index >= 15 is 0 Å². The Hall–Kier alpha value is 0.920. The highest BCUT2D eigenvalue weighted by molar-refractivity contribution is 14.1. The topological polar surface area (TPSA) is 63.2 Å². The van der Waals surface area contributed by atoms with Gasteiger partial charge in [0.25, 0.3) is 5.76 Å². The predicted molar refractivity (Wildman–Crippen MR) is 77.9 cm³/mol. The first-order valence-electron chi connectivity index (χ1n) is 3.98. The SMILES string of the molecule is COCC(OI)C1OC(=O)C(OI)=C1OI. The van der Waals surface area contributed by atoms with Gasteiger partial charge in [-0.2, -0.15) is 0 Å². The van der Waals surface area contributed by atoms with Crippen molar-refractivity contribution < 1.29 is 23.5 Å². The minimum absolute atomic E-state index is 0.0505. The molecule has 2 atom stereocenters. The van der Waals surface area contributed by atoms with E-state index in [2.05, 4.69) is 0 Å². The first-order chi connectivity index (χ1) is 7.69. The lowest BCUT2D eigenvalue weighted by atomic mass is 10.2. The summed E-state index contributed by atoms with van der Waals surface area (Å²) in [6, 6.07) is 0. The minimum Gasteiger partial charge on any atom is -0.445 e. The van der Waals surface area contributed by atoms with E-state index in [9.17, 15) is 4.79 Å². The molecular formula is C7H7I3O6. The van der Waals surface area contributed by atoms with Crippen LogP contribution in [0.4, 0.5) is 0 Å². The Kier molecular flexibility index (Phi) is 6.91. The largest absolute Gasteiger partial charge is 0.445 e. The van der Waals surface area contributed by atoms with Crippen LogP contribution in [0.5, 0.6) is 0 Å². The van der Waals surface area contributed by atoms with Gasteiger partial charge in [0.05, 0.1) is 6.61 Å². The Bertz CT molecular complexity index is 294. The molecule has 2 unspecified atom stereocenters. The smallest absolute Gasteiger partial charge is 0.379 e. The number of methoxy groups -OCH3 is 1. The Balaban J connectivity index is 2.89. The molecule has 0 spiro atoms. The van der Waals surface area contributed by atoms with E-state index in [0.29, 0.717) is 5.76 Å².